The highest BCUT2D eigenvalue weighted by molar-refractivity contribution is 5.94. The number of alkyl halides is 3. The summed E-state index contributed by atoms with van der Waals surface area (Å²) < 4.78 is 38.8. The molecule has 9 heteroatoms. The number of aromatic nitrogens is 1. The second-order valence-electron chi connectivity index (χ2n) is 5.26. The number of hydrogen-bond acceptors (Lipinski definition) is 5. The van der Waals surface area contributed by atoms with E-state index >= 15 is 0 Å². The van der Waals surface area contributed by atoms with E-state index < -0.39 is 23.9 Å². The van der Waals surface area contributed by atoms with Gasteiger partial charge in [-0.05, 0) is 24.3 Å². The molecule has 0 spiro atoms. The normalized spacial score (nSPS) is 16.8. The highest BCUT2D eigenvalue weighted by atomic mass is 19.4. The lowest BCUT2D eigenvalue weighted by Gasteiger charge is -2.18. The number of hydrazine groups is 1. The molecule has 2 heterocycles. The first kappa shape index (κ1) is 16.1. The van der Waals surface area contributed by atoms with Crippen LogP contribution in [-0.4, -0.2) is 23.1 Å². The molecule has 24 heavy (non-hydrogen) atoms. The SMILES string of the molecule is CN1NC(Nc2cnccc2C(=O)O)c2cc(C(F)(F)F)ccc21. The Bertz CT molecular complexity index is 795. The minimum atomic E-state index is -4.46. The smallest absolute Gasteiger partial charge is 0.416 e. The molecule has 1 unspecified atom stereocenters. The van der Waals surface area contributed by atoms with Crippen LogP contribution in [-0.2, 0) is 6.18 Å². The molecule has 0 bridgehead atoms. The average Bonchev–Trinajstić information content (AvgIpc) is 2.83. The Morgan fingerprint density at radius 3 is 2.79 bits per heavy atom. The first-order valence-electron chi connectivity index (χ1n) is 6.92. The molecule has 2 aromatic rings. The predicted octanol–water partition coefficient (Wildman–Crippen LogP) is 2.86. The summed E-state index contributed by atoms with van der Waals surface area (Å²) in [7, 11) is 1.66. The monoisotopic (exact) mass is 338 g/mol. The molecule has 6 nitrogen and oxygen atoms in total. The maximum atomic E-state index is 12.9. The maximum Gasteiger partial charge on any atom is 0.416 e. The van der Waals surface area contributed by atoms with Gasteiger partial charge in [0.15, 0.2) is 0 Å². The molecule has 0 fully saturated rings. The molecule has 3 rings (SSSR count). The van der Waals surface area contributed by atoms with E-state index in [2.05, 4.69) is 15.7 Å². The Balaban J connectivity index is 1.97. The highest BCUT2D eigenvalue weighted by Gasteiger charge is 2.34. The van der Waals surface area contributed by atoms with Gasteiger partial charge in [0, 0.05) is 18.8 Å². The lowest BCUT2D eigenvalue weighted by atomic mass is 10.1. The van der Waals surface area contributed by atoms with Gasteiger partial charge in [-0.1, -0.05) is 0 Å². The summed E-state index contributed by atoms with van der Waals surface area (Å²) in [5.74, 6) is -1.16. The van der Waals surface area contributed by atoms with E-state index in [0.717, 1.165) is 12.1 Å². The number of fused-ring (bicyclic) bond motifs is 1. The summed E-state index contributed by atoms with van der Waals surface area (Å²) in [6.07, 6.45) is -2.52. The molecule has 3 N–H and O–H groups in total. The molecule has 126 valence electrons. The van der Waals surface area contributed by atoms with Gasteiger partial charge in [-0.25, -0.2) is 10.2 Å². The minimum absolute atomic E-state index is 0.0186. The van der Waals surface area contributed by atoms with E-state index in [0.29, 0.717) is 11.3 Å². The third-order valence-corrected chi connectivity index (χ3v) is 3.70. The van der Waals surface area contributed by atoms with Gasteiger partial charge in [0.1, 0.15) is 6.17 Å². The van der Waals surface area contributed by atoms with Crippen LogP contribution in [0.4, 0.5) is 24.5 Å². The van der Waals surface area contributed by atoms with Crippen LogP contribution in [0, 0.1) is 0 Å². The topological polar surface area (TPSA) is 77.5 Å². The number of halogens is 3. The Morgan fingerprint density at radius 2 is 2.12 bits per heavy atom. The third-order valence-electron chi connectivity index (χ3n) is 3.70. The van der Waals surface area contributed by atoms with Crippen LogP contribution < -0.4 is 15.8 Å². The maximum absolute atomic E-state index is 12.9. The van der Waals surface area contributed by atoms with Crippen molar-refractivity contribution < 1.29 is 23.1 Å². The lowest BCUT2D eigenvalue weighted by Crippen LogP contribution is -2.34. The van der Waals surface area contributed by atoms with E-state index in [1.165, 1.54) is 24.5 Å². The van der Waals surface area contributed by atoms with Gasteiger partial charge in [-0.15, -0.1) is 0 Å². The largest absolute Gasteiger partial charge is 0.478 e. The number of nitrogens with one attached hydrogen (secondary N) is 2. The van der Waals surface area contributed by atoms with E-state index in [4.69, 9.17) is 0 Å². The zero-order valence-corrected chi connectivity index (χ0v) is 12.4. The van der Waals surface area contributed by atoms with E-state index in [9.17, 15) is 23.1 Å². The number of rotatable bonds is 3. The Kier molecular flexibility index (Phi) is 3.80. The van der Waals surface area contributed by atoms with Gasteiger partial charge >= 0.3 is 12.1 Å². The summed E-state index contributed by atoms with van der Waals surface area (Å²) in [6, 6.07) is 4.73. The summed E-state index contributed by atoms with van der Waals surface area (Å²) in [5.41, 5.74) is 3.31. The van der Waals surface area contributed by atoms with Crippen molar-refractivity contribution in [1.29, 1.82) is 0 Å². The Labute approximate surface area is 134 Å². The molecule has 0 aliphatic carbocycles. The molecule has 0 amide bonds. The number of benzene rings is 1. The molecular formula is C15H13F3N4O2. The summed E-state index contributed by atoms with van der Waals surface area (Å²) in [5, 5.41) is 13.7. The number of carboxylic acid groups (broad SMARTS) is 1. The van der Waals surface area contributed by atoms with Crippen molar-refractivity contribution in [3.63, 3.8) is 0 Å². The number of carbonyl (C=O) groups is 1. The van der Waals surface area contributed by atoms with Gasteiger partial charge in [0.2, 0.25) is 0 Å². The second kappa shape index (κ2) is 5.68. The number of nitrogens with zero attached hydrogens (tertiary/aromatic N) is 2. The molecule has 1 atom stereocenters. The van der Waals surface area contributed by atoms with Gasteiger partial charge in [-0.2, -0.15) is 13.2 Å². The fraction of sp³-hybridized carbons (Fsp3) is 0.200. The zero-order valence-electron chi connectivity index (χ0n) is 12.4. The average molecular weight is 338 g/mol. The fourth-order valence-corrected chi connectivity index (χ4v) is 2.56. The molecule has 0 saturated heterocycles. The second-order valence-corrected chi connectivity index (χ2v) is 5.26. The number of pyridine rings is 1. The van der Waals surface area contributed by atoms with E-state index in [-0.39, 0.29) is 11.3 Å². The van der Waals surface area contributed by atoms with Crippen LogP contribution in [0.25, 0.3) is 0 Å². The van der Waals surface area contributed by atoms with Crippen molar-refractivity contribution in [3.8, 4) is 0 Å². The molecular weight excluding hydrogens is 325 g/mol. The van der Waals surface area contributed by atoms with Crippen LogP contribution >= 0.6 is 0 Å². The number of aromatic carboxylic acids is 1. The zero-order chi connectivity index (χ0) is 17.5. The van der Waals surface area contributed by atoms with Crippen LogP contribution in [0.2, 0.25) is 0 Å². The summed E-state index contributed by atoms with van der Waals surface area (Å²) >= 11 is 0. The Hall–Kier alpha value is -2.81. The van der Waals surface area contributed by atoms with Crippen LogP contribution in [0.1, 0.15) is 27.7 Å². The van der Waals surface area contributed by atoms with Gasteiger partial charge in [-0.3, -0.25) is 4.98 Å². The van der Waals surface area contributed by atoms with Gasteiger partial charge in [0.05, 0.1) is 28.7 Å². The molecule has 1 aliphatic rings. The fourth-order valence-electron chi connectivity index (χ4n) is 2.56. The van der Waals surface area contributed by atoms with Crippen LogP contribution in [0.15, 0.2) is 36.7 Å². The molecule has 1 aliphatic heterocycles. The van der Waals surface area contributed by atoms with Crippen molar-refractivity contribution in [3.05, 3.63) is 53.3 Å². The van der Waals surface area contributed by atoms with Crippen molar-refractivity contribution in [2.24, 2.45) is 0 Å². The van der Waals surface area contributed by atoms with Crippen LogP contribution in [0.3, 0.4) is 0 Å². The summed E-state index contributed by atoms with van der Waals surface area (Å²) in [6.45, 7) is 0. The van der Waals surface area contributed by atoms with Crippen molar-refractivity contribution in [2.45, 2.75) is 12.3 Å². The highest BCUT2D eigenvalue weighted by Crippen LogP contribution is 2.38. The number of hydrogen-bond donors (Lipinski definition) is 3. The molecule has 0 radical (unpaired) electrons. The van der Waals surface area contributed by atoms with Crippen molar-refractivity contribution in [2.75, 3.05) is 17.4 Å². The van der Waals surface area contributed by atoms with Crippen molar-refractivity contribution >= 4 is 17.3 Å². The van der Waals surface area contributed by atoms with E-state index in [1.54, 1.807) is 12.1 Å². The first-order chi connectivity index (χ1) is 11.3. The third kappa shape index (κ3) is 2.85. The van der Waals surface area contributed by atoms with Crippen molar-refractivity contribution in [1.82, 2.24) is 10.4 Å². The van der Waals surface area contributed by atoms with Crippen LogP contribution in [0.5, 0.6) is 0 Å². The predicted molar refractivity (Wildman–Crippen MR) is 80.5 cm³/mol. The quantitative estimate of drug-likeness (QED) is 0.799. The number of carboxylic acids is 1. The standard InChI is InChI=1S/C15H13F3N4O2/c1-22-12-3-2-8(15(16,17)18)6-10(12)13(21-22)20-11-7-19-5-4-9(11)14(23)24/h2-7,13,20-21H,1H3,(H,23,24). The number of anilines is 2. The first-order valence-corrected chi connectivity index (χ1v) is 6.92. The summed E-state index contributed by atoms with van der Waals surface area (Å²) in [4.78, 5) is 15.1. The molecule has 1 aromatic heterocycles. The van der Waals surface area contributed by atoms with Gasteiger partial charge < -0.3 is 15.4 Å². The molecule has 0 saturated carbocycles. The minimum Gasteiger partial charge on any atom is -0.478 e. The lowest BCUT2D eigenvalue weighted by molar-refractivity contribution is -0.137. The molecule has 1 aromatic carbocycles. The Morgan fingerprint density at radius 1 is 1.38 bits per heavy atom. The van der Waals surface area contributed by atoms with E-state index in [1.807, 2.05) is 0 Å². The van der Waals surface area contributed by atoms with Gasteiger partial charge in [0.25, 0.3) is 0 Å².